The van der Waals surface area contributed by atoms with E-state index in [2.05, 4.69) is 12.2 Å². The molecule has 1 N–H and O–H groups in total. The average Bonchev–Trinajstić information content (AvgIpc) is 1.96. The third-order valence-corrected chi connectivity index (χ3v) is 2.29. The standard InChI is InChI=1S/C8H15NO/c1-3-8(10)9-7-5-4-6(7)2/h6-7H,3-5H2,1-2H3,(H,9,10). The van der Waals surface area contributed by atoms with Crippen molar-refractivity contribution in [3.05, 3.63) is 0 Å². The molecular formula is C8H15NO. The van der Waals surface area contributed by atoms with Gasteiger partial charge in [-0.05, 0) is 18.8 Å². The van der Waals surface area contributed by atoms with Crippen LogP contribution in [-0.4, -0.2) is 11.9 Å². The van der Waals surface area contributed by atoms with Crippen LogP contribution < -0.4 is 5.32 Å². The quantitative estimate of drug-likeness (QED) is 0.617. The van der Waals surface area contributed by atoms with Crippen molar-refractivity contribution in [1.82, 2.24) is 5.32 Å². The summed E-state index contributed by atoms with van der Waals surface area (Å²) in [6.07, 6.45) is 3.06. The van der Waals surface area contributed by atoms with Crippen molar-refractivity contribution in [2.75, 3.05) is 0 Å². The average molecular weight is 141 g/mol. The molecule has 0 bridgehead atoms. The van der Waals surface area contributed by atoms with Crippen LogP contribution in [0.15, 0.2) is 0 Å². The van der Waals surface area contributed by atoms with Crippen LogP contribution in [0.5, 0.6) is 0 Å². The summed E-state index contributed by atoms with van der Waals surface area (Å²) < 4.78 is 0. The van der Waals surface area contributed by atoms with E-state index in [1.54, 1.807) is 0 Å². The Bertz CT molecular complexity index is 133. The first-order valence-electron chi connectivity index (χ1n) is 4.03. The Morgan fingerprint density at radius 2 is 2.30 bits per heavy atom. The largest absolute Gasteiger partial charge is 0.353 e. The van der Waals surface area contributed by atoms with Crippen molar-refractivity contribution >= 4 is 5.91 Å². The lowest BCUT2D eigenvalue weighted by atomic mass is 9.81. The van der Waals surface area contributed by atoms with Gasteiger partial charge in [-0.15, -0.1) is 0 Å². The first-order chi connectivity index (χ1) is 4.74. The predicted octanol–water partition coefficient (Wildman–Crippen LogP) is 1.31. The maximum absolute atomic E-state index is 10.8. The van der Waals surface area contributed by atoms with Crippen LogP contribution in [-0.2, 0) is 4.79 Å². The lowest BCUT2D eigenvalue weighted by Crippen LogP contribution is -2.45. The second kappa shape index (κ2) is 3.04. The number of hydrogen-bond acceptors (Lipinski definition) is 1. The number of carbonyl (C=O) groups is 1. The van der Waals surface area contributed by atoms with Crippen LogP contribution in [0.25, 0.3) is 0 Å². The molecule has 0 radical (unpaired) electrons. The lowest BCUT2D eigenvalue weighted by molar-refractivity contribution is -0.122. The molecule has 1 aliphatic rings. The molecule has 58 valence electrons. The molecule has 1 amide bonds. The van der Waals surface area contributed by atoms with Crippen molar-refractivity contribution in [3.63, 3.8) is 0 Å². The van der Waals surface area contributed by atoms with Gasteiger partial charge in [-0.3, -0.25) is 4.79 Å². The van der Waals surface area contributed by atoms with Gasteiger partial charge in [-0.2, -0.15) is 0 Å². The molecular weight excluding hydrogens is 126 g/mol. The number of carbonyl (C=O) groups excluding carboxylic acids is 1. The zero-order valence-corrected chi connectivity index (χ0v) is 6.68. The van der Waals surface area contributed by atoms with Crippen molar-refractivity contribution in [1.29, 1.82) is 0 Å². The monoisotopic (exact) mass is 141 g/mol. The Morgan fingerprint density at radius 1 is 1.60 bits per heavy atom. The van der Waals surface area contributed by atoms with Gasteiger partial charge < -0.3 is 5.32 Å². The fraction of sp³-hybridized carbons (Fsp3) is 0.875. The van der Waals surface area contributed by atoms with Gasteiger partial charge in [0.2, 0.25) is 5.91 Å². The third-order valence-electron chi connectivity index (χ3n) is 2.29. The summed E-state index contributed by atoms with van der Waals surface area (Å²) in [4.78, 5) is 10.8. The summed E-state index contributed by atoms with van der Waals surface area (Å²) in [5, 5.41) is 2.98. The minimum Gasteiger partial charge on any atom is -0.353 e. The Kier molecular flexibility index (Phi) is 2.30. The van der Waals surface area contributed by atoms with Gasteiger partial charge in [0.1, 0.15) is 0 Å². The van der Waals surface area contributed by atoms with Gasteiger partial charge in [0.05, 0.1) is 0 Å². The molecule has 0 aromatic carbocycles. The van der Waals surface area contributed by atoms with Crippen LogP contribution in [0.3, 0.4) is 0 Å². The van der Waals surface area contributed by atoms with Crippen LogP contribution in [0, 0.1) is 5.92 Å². The van der Waals surface area contributed by atoms with Crippen LogP contribution in [0.4, 0.5) is 0 Å². The molecule has 2 atom stereocenters. The molecule has 0 aliphatic heterocycles. The van der Waals surface area contributed by atoms with Crippen LogP contribution in [0.1, 0.15) is 33.1 Å². The normalized spacial score (nSPS) is 31.0. The number of nitrogens with one attached hydrogen (secondary N) is 1. The second-order valence-corrected chi connectivity index (χ2v) is 3.08. The molecule has 1 fully saturated rings. The van der Waals surface area contributed by atoms with E-state index in [4.69, 9.17) is 0 Å². The van der Waals surface area contributed by atoms with Crippen LogP contribution in [0.2, 0.25) is 0 Å². The Hall–Kier alpha value is -0.530. The van der Waals surface area contributed by atoms with Gasteiger partial charge in [0.25, 0.3) is 0 Å². The molecule has 2 heteroatoms. The SMILES string of the molecule is CCC(=O)NC1CCC1C. The summed E-state index contributed by atoms with van der Waals surface area (Å²) in [6, 6.07) is 0.479. The fourth-order valence-corrected chi connectivity index (χ4v) is 1.19. The van der Waals surface area contributed by atoms with Gasteiger partial charge >= 0.3 is 0 Å². The molecule has 1 rings (SSSR count). The summed E-state index contributed by atoms with van der Waals surface area (Å²) in [6.45, 7) is 4.07. The Labute approximate surface area is 62.0 Å². The fourth-order valence-electron chi connectivity index (χ4n) is 1.19. The topological polar surface area (TPSA) is 29.1 Å². The number of amides is 1. The highest BCUT2D eigenvalue weighted by Gasteiger charge is 2.27. The van der Waals surface area contributed by atoms with Gasteiger partial charge in [0.15, 0.2) is 0 Å². The molecule has 10 heavy (non-hydrogen) atoms. The van der Waals surface area contributed by atoms with E-state index in [-0.39, 0.29) is 5.91 Å². The number of rotatable bonds is 2. The third kappa shape index (κ3) is 1.49. The van der Waals surface area contributed by atoms with E-state index in [9.17, 15) is 4.79 Å². The second-order valence-electron chi connectivity index (χ2n) is 3.08. The van der Waals surface area contributed by atoms with Gasteiger partial charge in [-0.1, -0.05) is 13.8 Å². The summed E-state index contributed by atoms with van der Waals surface area (Å²) in [5.74, 6) is 0.895. The Balaban J connectivity index is 2.19. The van der Waals surface area contributed by atoms with Crippen molar-refractivity contribution in [3.8, 4) is 0 Å². The highest BCUT2D eigenvalue weighted by Crippen LogP contribution is 2.26. The summed E-state index contributed by atoms with van der Waals surface area (Å²) in [5.41, 5.74) is 0. The molecule has 1 aliphatic carbocycles. The van der Waals surface area contributed by atoms with Crippen LogP contribution >= 0.6 is 0 Å². The molecule has 2 nitrogen and oxygen atoms in total. The molecule has 0 spiro atoms. The van der Waals surface area contributed by atoms with Crippen molar-refractivity contribution in [2.45, 2.75) is 39.2 Å². The molecule has 0 saturated heterocycles. The maximum Gasteiger partial charge on any atom is 0.219 e. The predicted molar refractivity (Wildman–Crippen MR) is 40.6 cm³/mol. The van der Waals surface area contributed by atoms with E-state index in [1.165, 1.54) is 12.8 Å². The lowest BCUT2D eigenvalue weighted by Gasteiger charge is -2.34. The molecule has 1 saturated carbocycles. The van der Waals surface area contributed by atoms with Crippen molar-refractivity contribution in [2.24, 2.45) is 5.92 Å². The smallest absolute Gasteiger partial charge is 0.219 e. The number of hydrogen-bond donors (Lipinski definition) is 1. The molecule has 0 aromatic heterocycles. The minimum atomic E-state index is 0.191. The summed E-state index contributed by atoms with van der Waals surface area (Å²) in [7, 11) is 0. The molecule has 2 unspecified atom stereocenters. The zero-order chi connectivity index (χ0) is 7.56. The summed E-state index contributed by atoms with van der Waals surface area (Å²) >= 11 is 0. The van der Waals surface area contributed by atoms with Gasteiger partial charge in [-0.25, -0.2) is 0 Å². The van der Waals surface area contributed by atoms with E-state index < -0.39 is 0 Å². The van der Waals surface area contributed by atoms with E-state index in [0.717, 1.165) is 0 Å². The zero-order valence-electron chi connectivity index (χ0n) is 6.68. The van der Waals surface area contributed by atoms with E-state index in [1.807, 2.05) is 6.92 Å². The van der Waals surface area contributed by atoms with E-state index in [0.29, 0.717) is 18.4 Å². The van der Waals surface area contributed by atoms with Gasteiger partial charge in [0, 0.05) is 12.5 Å². The first kappa shape index (κ1) is 7.58. The first-order valence-corrected chi connectivity index (χ1v) is 4.03. The highest BCUT2D eigenvalue weighted by molar-refractivity contribution is 5.75. The maximum atomic E-state index is 10.8. The highest BCUT2D eigenvalue weighted by atomic mass is 16.1. The Morgan fingerprint density at radius 3 is 2.60 bits per heavy atom. The molecule has 0 aromatic rings. The minimum absolute atomic E-state index is 0.191. The van der Waals surface area contributed by atoms with E-state index >= 15 is 0 Å². The molecule has 0 heterocycles. The van der Waals surface area contributed by atoms with Crippen molar-refractivity contribution < 1.29 is 4.79 Å².